The van der Waals surface area contributed by atoms with E-state index in [9.17, 15) is 0 Å². The summed E-state index contributed by atoms with van der Waals surface area (Å²) in [6.45, 7) is 8.73. The minimum atomic E-state index is 0. The van der Waals surface area contributed by atoms with Crippen LogP contribution in [0.1, 0.15) is 34.5 Å². The lowest BCUT2D eigenvalue weighted by atomic mass is 10.1. The minimum Gasteiger partial charge on any atom is -0.357 e. The zero-order valence-corrected chi connectivity index (χ0v) is 17.7. The smallest absolute Gasteiger partial charge is 0.191 e. The third-order valence-electron chi connectivity index (χ3n) is 3.45. The van der Waals surface area contributed by atoms with Gasteiger partial charge in [-0.1, -0.05) is 0 Å². The van der Waals surface area contributed by atoms with Gasteiger partial charge < -0.3 is 10.6 Å². The van der Waals surface area contributed by atoms with E-state index in [4.69, 9.17) is 0 Å². The third-order valence-corrected chi connectivity index (χ3v) is 4.43. The first-order valence-electron chi connectivity index (χ1n) is 8.11. The van der Waals surface area contributed by atoms with Gasteiger partial charge in [0, 0.05) is 42.8 Å². The summed E-state index contributed by atoms with van der Waals surface area (Å²) >= 11 is 1.75. The second-order valence-corrected chi connectivity index (χ2v) is 6.75. The molecule has 2 aromatic rings. The maximum absolute atomic E-state index is 4.63. The van der Waals surface area contributed by atoms with Crippen molar-refractivity contribution in [2.24, 2.45) is 4.99 Å². The largest absolute Gasteiger partial charge is 0.357 e. The van der Waals surface area contributed by atoms with E-state index in [-0.39, 0.29) is 24.0 Å². The molecule has 0 amide bonds. The van der Waals surface area contributed by atoms with Gasteiger partial charge in [0.05, 0.1) is 11.2 Å². The number of nitrogens with zero attached hydrogens (tertiary/aromatic N) is 3. The minimum absolute atomic E-state index is 0. The molecule has 0 saturated heterocycles. The summed E-state index contributed by atoms with van der Waals surface area (Å²) in [5.74, 6) is 0.879. The van der Waals surface area contributed by atoms with E-state index in [0.29, 0.717) is 0 Å². The highest BCUT2D eigenvalue weighted by molar-refractivity contribution is 14.0. The average Bonchev–Trinajstić information content (AvgIpc) is 3.12. The van der Waals surface area contributed by atoms with Crippen LogP contribution in [-0.2, 0) is 12.8 Å². The van der Waals surface area contributed by atoms with E-state index in [2.05, 4.69) is 51.6 Å². The van der Waals surface area contributed by atoms with Gasteiger partial charge in [-0.2, -0.15) is 5.10 Å². The SMILES string of the molecule is CCNC(=NCCCc1cn[nH]c1C)NCCc1ncc(C)s1.I. The van der Waals surface area contributed by atoms with Crippen molar-refractivity contribution in [1.82, 2.24) is 25.8 Å². The third kappa shape index (κ3) is 7.16. The molecule has 6 nitrogen and oxygen atoms in total. The first-order valence-corrected chi connectivity index (χ1v) is 8.93. The van der Waals surface area contributed by atoms with Crippen LogP contribution in [0.5, 0.6) is 0 Å². The fourth-order valence-corrected chi connectivity index (χ4v) is 3.02. The summed E-state index contributed by atoms with van der Waals surface area (Å²) in [6.07, 6.45) is 6.78. The summed E-state index contributed by atoms with van der Waals surface area (Å²) in [7, 11) is 0. The molecule has 0 aromatic carbocycles. The van der Waals surface area contributed by atoms with Gasteiger partial charge in [0.1, 0.15) is 0 Å². The molecule has 24 heavy (non-hydrogen) atoms. The Balaban J connectivity index is 0.00000288. The van der Waals surface area contributed by atoms with Crippen molar-refractivity contribution in [2.75, 3.05) is 19.6 Å². The van der Waals surface area contributed by atoms with Crippen molar-refractivity contribution in [3.63, 3.8) is 0 Å². The van der Waals surface area contributed by atoms with Crippen molar-refractivity contribution >= 4 is 41.3 Å². The molecule has 0 aliphatic heterocycles. The van der Waals surface area contributed by atoms with E-state index in [1.807, 2.05) is 12.4 Å². The second-order valence-electron chi connectivity index (χ2n) is 5.43. The van der Waals surface area contributed by atoms with E-state index in [0.717, 1.165) is 50.6 Å². The van der Waals surface area contributed by atoms with Gasteiger partial charge >= 0.3 is 0 Å². The Morgan fingerprint density at radius 1 is 1.25 bits per heavy atom. The van der Waals surface area contributed by atoms with Crippen LogP contribution in [0.2, 0.25) is 0 Å². The Morgan fingerprint density at radius 2 is 2.08 bits per heavy atom. The van der Waals surface area contributed by atoms with Crippen LogP contribution in [0.3, 0.4) is 0 Å². The fraction of sp³-hybridized carbons (Fsp3) is 0.562. The maximum atomic E-state index is 4.63. The van der Waals surface area contributed by atoms with Crippen LogP contribution in [-0.4, -0.2) is 40.8 Å². The Labute approximate surface area is 165 Å². The molecule has 0 atom stereocenters. The van der Waals surface area contributed by atoms with Crippen molar-refractivity contribution in [1.29, 1.82) is 0 Å². The van der Waals surface area contributed by atoms with Crippen LogP contribution >= 0.6 is 35.3 Å². The molecule has 0 saturated carbocycles. The van der Waals surface area contributed by atoms with Crippen LogP contribution in [0.25, 0.3) is 0 Å². The molecule has 134 valence electrons. The van der Waals surface area contributed by atoms with Gasteiger partial charge in [-0.05, 0) is 39.2 Å². The number of aromatic nitrogens is 3. The number of H-pyrrole nitrogens is 1. The molecule has 0 spiro atoms. The standard InChI is InChI=1S/C16H26N6S.HI/c1-4-17-16(19-9-7-15-20-10-12(2)23-15)18-8-5-6-14-11-21-22-13(14)3;/h10-11H,4-9H2,1-3H3,(H,21,22)(H2,17,18,19);1H. The van der Waals surface area contributed by atoms with Crippen molar-refractivity contribution in [2.45, 2.75) is 40.0 Å². The highest BCUT2D eigenvalue weighted by atomic mass is 127. The number of rotatable bonds is 8. The number of aromatic amines is 1. The molecule has 2 heterocycles. The van der Waals surface area contributed by atoms with Crippen molar-refractivity contribution in [3.8, 4) is 0 Å². The lowest BCUT2D eigenvalue weighted by Crippen LogP contribution is -2.38. The molecular formula is C16H27IN6S. The molecule has 2 aromatic heterocycles. The molecule has 0 fully saturated rings. The predicted molar refractivity (Wildman–Crippen MR) is 112 cm³/mol. The van der Waals surface area contributed by atoms with Crippen LogP contribution in [0.4, 0.5) is 0 Å². The first kappa shape index (κ1) is 20.9. The molecule has 0 aliphatic carbocycles. The zero-order chi connectivity index (χ0) is 16.5. The topological polar surface area (TPSA) is 78.0 Å². The first-order chi connectivity index (χ1) is 11.2. The molecule has 3 N–H and O–H groups in total. The number of hydrogen-bond acceptors (Lipinski definition) is 4. The summed E-state index contributed by atoms with van der Waals surface area (Å²) in [6, 6.07) is 0. The molecule has 2 rings (SSSR count). The van der Waals surface area contributed by atoms with Gasteiger partial charge in [0.15, 0.2) is 5.96 Å². The van der Waals surface area contributed by atoms with Crippen molar-refractivity contribution in [3.05, 3.63) is 33.5 Å². The Hall–Kier alpha value is -1.16. The summed E-state index contributed by atoms with van der Waals surface area (Å²) in [5.41, 5.74) is 2.43. The lowest BCUT2D eigenvalue weighted by molar-refractivity contribution is 0.774. The van der Waals surface area contributed by atoms with Crippen molar-refractivity contribution < 1.29 is 0 Å². The summed E-state index contributed by atoms with van der Waals surface area (Å²) in [5, 5.41) is 14.8. The van der Waals surface area contributed by atoms with E-state index >= 15 is 0 Å². The lowest BCUT2D eigenvalue weighted by Gasteiger charge is -2.10. The van der Waals surface area contributed by atoms with Crippen LogP contribution in [0.15, 0.2) is 17.4 Å². The van der Waals surface area contributed by atoms with E-state index < -0.39 is 0 Å². The predicted octanol–water partition coefficient (Wildman–Crippen LogP) is 2.83. The number of aryl methyl sites for hydroxylation is 3. The van der Waals surface area contributed by atoms with Crippen LogP contribution in [0, 0.1) is 13.8 Å². The number of hydrogen-bond donors (Lipinski definition) is 3. The van der Waals surface area contributed by atoms with Gasteiger partial charge in [-0.3, -0.25) is 10.1 Å². The normalized spacial score (nSPS) is 11.2. The molecule has 0 radical (unpaired) electrons. The highest BCUT2D eigenvalue weighted by Gasteiger charge is 2.02. The maximum Gasteiger partial charge on any atom is 0.191 e. The number of nitrogens with one attached hydrogen (secondary N) is 3. The Kier molecular flexibility index (Phi) is 9.92. The van der Waals surface area contributed by atoms with E-state index in [1.54, 1.807) is 11.3 Å². The molecule has 8 heteroatoms. The number of aliphatic imine (C=N–C) groups is 1. The Bertz CT molecular complexity index is 622. The summed E-state index contributed by atoms with van der Waals surface area (Å²) < 4.78 is 0. The molecule has 0 aliphatic rings. The highest BCUT2D eigenvalue weighted by Crippen LogP contribution is 2.10. The van der Waals surface area contributed by atoms with Gasteiger partial charge in [0.25, 0.3) is 0 Å². The van der Waals surface area contributed by atoms with Crippen LogP contribution < -0.4 is 10.6 Å². The fourth-order valence-electron chi connectivity index (χ4n) is 2.23. The Morgan fingerprint density at radius 3 is 2.71 bits per heavy atom. The zero-order valence-electron chi connectivity index (χ0n) is 14.6. The number of thiazole rings is 1. The summed E-state index contributed by atoms with van der Waals surface area (Å²) in [4.78, 5) is 10.3. The number of guanidine groups is 1. The van der Waals surface area contributed by atoms with Gasteiger partial charge in [-0.15, -0.1) is 35.3 Å². The second kappa shape index (κ2) is 11.4. The number of halogens is 1. The molecule has 0 unspecified atom stereocenters. The van der Waals surface area contributed by atoms with Gasteiger partial charge in [0.2, 0.25) is 0 Å². The van der Waals surface area contributed by atoms with Gasteiger partial charge in [-0.25, -0.2) is 4.98 Å². The average molecular weight is 462 g/mol. The monoisotopic (exact) mass is 462 g/mol. The molecule has 0 bridgehead atoms. The quantitative estimate of drug-likeness (QED) is 0.244. The van der Waals surface area contributed by atoms with E-state index in [1.165, 1.54) is 15.4 Å². The molecular weight excluding hydrogens is 435 g/mol.